The first-order valence-electron chi connectivity index (χ1n) is 5.87. The number of halogens is 4. The zero-order valence-electron chi connectivity index (χ0n) is 10.3. The maximum Gasteiger partial charge on any atom is 0.123 e. The van der Waals surface area contributed by atoms with Gasteiger partial charge in [-0.15, -0.1) is 0 Å². The molecule has 0 aliphatic rings. The second kappa shape index (κ2) is 6.74. The van der Waals surface area contributed by atoms with E-state index in [2.05, 4.69) is 5.43 Å². The third kappa shape index (κ3) is 3.43. The normalized spacial score (nSPS) is 12.4. The van der Waals surface area contributed by atoms with Gasteiger partial charge in [0.2, 0.25) is 0 Å². The van der Waals surface area contributed by atoms with Gasteiger partial charge in [0.25, 0.3) is 0 Å². The first kappa shape index (κ1) is 15.5. The molecule has 0 spiro atoms. The summed E-state index contributed by atoms with van der Waals surface area (Å²) in [5.41, 5.74) is 4.04. The molecular weight excluding hydrogens is 322 g/mol. The second-order valence-electron chi connectivity index (χ2n) is 4.30. The Kier molecular flexibility index (Phi) is 5.24. The molecular formula is C14H12Cl3FN2. The fraction of sp³-hybridized carbons (Fsp3) is 0.143. The minimum absolute atomic E-state index is 0.319. The highest BCUT2D eigenvalue weighted by molar-refractivity contribution is 6.42. The van der Waals surface area contributed by atoms with Gasteiger partial charge in [0, 0.05) is 5.02 Å². The summed E-state index contributed by atoms with van der Waals surface area (Å²) in [5, 5.41) is 1.34. The molecule has 0 fully saturated rings. The molecule has 0 heterocycles. The molecule has 0 aromatic heterocycles. The largest absolute Gasteiger partial charge is 0.271 e. The van der Waals surface area contributed by atoms with Crippen molar-refractivity contribution in [3.8, 4) is 0 Å². The summed E-state index contributed by atoms with van der Waals surface area (Å²) in [5.74, 6) is 5.22. The lowest BCUT2D eigenvalue weighted by atomic mass is 9.99. The minimum Gasteiger partial charge on any atom is -0.271 e. The fourth-order valence-corrected chi connectivity index (χ4v) is 2.60. The molecule has 1 unspecified atom stereocenters. The van der Waals surface area contributed by atoms with Crippen molar-refractivity contribution in [2.24, 2.45) is 5.84 Å². The van der Waals surface area contributed by atoms with Crippen molar-refractivity contribution in [1.29, 1.82) is 0 Å². The highest BCUT2D eigenvalue weighted by Crippen LogP contribution is 2.32. The highest BCUT2D eigenvalue weighted by Gasteiger charge is 2.17. The zero-order chi connectivity index (χ0) is 14.7. The van der Waals surface area contributed by atoms with Gasteiger partial charge in [-0.25, -0.2) is 4.39 Å². The Morgan fingerprint density at radius 1 is 1.10 bits per heavy atom. The summed E-state index contributed by atoms with van der Waals surface area (Å²) >= 11 is 18.2. The topological polar surface area (TPSA) is 38.0 Å². The van der Waals surface area contributed by atoms with Crippen LogP contribution in [0.1, 0.15) is 17.2 Å². The number of hydrogen-bond acceptors (Lipinski definition) is 2. The Bertz CT molecular complexity index is 619. The number of rotatable bonds is 4. The standard InChI is InChI=1S/C14H12Cl3FN2/c15-11-5-4-9(18)6-8(11)7-13(20-19)10-2-1-3-12(16)14(10)17/h1-6,13,20H,7,19H2. The van der Waals surface area contributed by atoms with Gasteiger partial charge in [-0.2, -0.15) is 0 Å². The Hall–Kier alpha value is -0.840. The first-order valence-corrected chi connectivity index (χ1v) is 7.00. The van der Waals surface area contributed by atoms with Gasteiger partial charge < -0.3 is 0 Å². The van der Waals surface area contributed by atoms with Crippen LogP contribution in [0.5, 0.6) is 0 Å². The molecule has 2 aromatic carbocycles. The van der Waals surface area contributed by atoms with Crippen molar-refractivity contribution in [3.05, 3.63) is 68.4 Å². The number of hydrazine groups is 1. The first-order chi connectivity index (χ1) is 9.52. The smallest absolute Gasteiger partial charge is 0.123 e. The van der Waals surface area contributed by atoms with E-state index in [-0.39, 0.29) is 11.9 Å². The van der Waals surface area contributed by atoms with E-state index in [9.17, 15) is 4.39 Å². The summed E-state index contributed by atoms with van der Waals surface area (Å²) in [7, 11) is 0. The lowest BCUT2D eigenvalue weighted by Gasteiger charge is -2.19. The van der Waals surface area contributed by atoms with Crippen LogP contribution in [0.15, 0.2) is 36.4 Å². The lowest BCUT2D eigenvalue weighted by molar-refractivity contribution is 0.549. The second-order valence-corrected chi connectivity index (χ2v) is 5.49. The molecule has 6 heteroatoms. The van der Waals surface area contributed by atoms with E-state index in [1.165, 1.54) is 18.2 Å². The molecule has 0 saturated heterocycles. The van der Waals surface area contributed by atoms with Crippen LogP contribution in [0, 0.1) is 5.82 Å². The van der Waals surface area contributed by atoms with Crippen molar-refractivity contribution in [2.75, 3.05) is 0 Å². The highest BCUT2D eigenvalue weighted by atomic mass is 35.5. The monoisotopic (exact) mass is 332 g/mol. The lowest BCUT2D eigenvalue weighted by Crippen LogP contribution is -2.30. The average Bonchev–Trinajstić information content (AvgIpc) is 2.43. The molecule has 0 bridgehead atoms. The third-order valence-corrected chi connectivity index (χ3v) is 4.19. The predicted molar refractivity (Wildman–Crippen MR) is 81.6 cm³/mol. The molecule has 0 aliphatic heterocycles. The molecule has 0 saturated carbocycles. The number of hydrogen-bond donors (Lipinski definition) is 2. The molecule has 0 aliphatic carbocycles. The Morgan fingerprint density at radius 3 is 2.55 bits per heavy atom. The van der Waals surface area contributed by atoms with Crippen molar-refractivity contribution >= 4 is 34.8 Å². The van der Waals surface area contributed by atoms with E-state index in [1.54, 1.807) is 12.1 Å². The van der Waals surface area contributed by atoms with E-state index in [1.807, 2.05) is 6.07 Å². The van der Waals surface area contributed by atoms with E-state index < -0.39 is 0 Å². The third-order valence-electron chi connectivity index (χ3n) is 2.99. The van der Waals surface area contributed by atoms with Gasteiger partial charge in [-0.1, -0.05) is 46.9 Å². The van der Waals surface area contributed by atoms with Crippen LogP contribution in [0.4, 0.5) is 4.39 Å². The van der Waals surface area contributed by atoms with Crippen molar-refractivity contribution in [1.82, 2.24) is 5.43 Å². The maximum absolute atomic E-state index is 13.3. The summed E-state index contributed by atoms with van der Waals surface area (Å²) < 4.78 is 13.3. The van der Waals surface area contributed by atoms with Crippen LogP contribution >= 0.6 is 34.8 Å². The molecule has 20 heavy (non-hydrogen) atoms. The van der Waals surface area contributed by atoms with Crippen LogP contribution in [-0.2, 0) is 6.42 Å². The van der Waals surface area contributed by atoms with Gasteiger partial charge in [0.05, 0.1) is 16.1 Å². The molecule has 106 valence electrons. The van der Waals surface area contributed by atoms with Crippen LogP contribution in [0.3, 0.4) is 0 Å². The molecule has 1 atom stereocenters. The van der Waals surface area contributed by atoms with Gasteiger partial charge >= 0.3 is 0 Å². The van der Waals surface area contributed by atoms with Gasteiger partial charge in [-0.05, 0) is 41.8 Å². The number of nitrogens with one attached hydrogen (secondary N) is 1. The van der Waals surface area contributed by atoms with Crippen LogP contribution in [0.2, 0.25) is 15.1 Å². The number of benzene rings is 2. The Labute approximate surface area is 131 Å². The SMILES string of the molecule is NNC(Cc1cc(F)ccc1Cl)c1cccc(Cl)c1Cl. The van der Waals surface area contributed by atoms with Crippen LogP contribution in [0.25, 0.3) is 0 Å². The van der Waals surface area contributed by atoms with E-state index in [0.717, 1.165) is 5.56 Å². The Morgan fingerprint density at radius 2 is 1.85 bits per heavy atom. The quantitative estimate of drug-likeness (QED) is 0.637. The molecule has 2 rings (SSSR count). The molecule has 3 N–H and O–H groups in total. The van der Waals surface area contributed by atoms with E-state index >= 15 is 0 Å². The van der Waals surface area contributed by atoms with Gasteiger partial charge in [-0.3, -0.25) is 11.3 Å². The molecule has 0 amide bonds. The van der Waals surface area contributed by atoms with Crippen molar-refractivity contribution in [3.63, 3.8) is 0 Å². The van der Waals surface area contributed by atoms with Crippen LogP contribution < -0.4 is 11.3 Å². The number of nitrogens with two attached hydrogens (primary N) is 1. The van der Waals surface area contributed by atoms with Crippen molar-refractivity contribution < 1.29 is 4.39 Å². The summed E-state index contributed by atoms with van der Waals surface area (Å²) in [6, 6.07) is 9.16. The van der Waals surface area contributed by atoms with Crippen LogP contribution in [-0.4, -0.2) is 0 Å². The fourth-order valence-electron chi connectivity index (χ4n) is 1.97. The maximum atomic E-state index is 13.3. The van der Waals surface area contributed by atoms with E-state index in [0.29, 0.717) is 27.1 Å². The minimum atomic E-state index is -0.350. The summed E-state index contributed by atoms with van der Waals surface area (Å²) in [6.07, 6.45) is 0.396. The van der Waals surface area contributed by atoms with E-state index in [4.69, 9.17) is 40.6 Å². The summed E-state index contributed by atoms with van der Waals surface area (Å²) in [4.78, 5) is 0. The molecule has 0 radical (unpaired) electrons. The van der Waals surface area contributed by atoms with Crippen molar-refractivity contribution in [2.45, 2.75) is 12.5 Å². The van der Waals surface area contributed by atoms with Gasteiger partial charge in [0.15, 0.2) is 0 Å². The molecule has 2 aromatic rings. The average molecular weight is 334 g/mol. The predicted octanol–water partition coefficient (Wildman–Crippen LogP) is 4.53. The summed E-state index contributed by atoms with van der Waals surface area (Å²) in [6.45, 7) is 0. The molecule has 2 nitrogen and oxygen atoms in total. The van der Waals surface area contributed by atoms with Gasteiger partial charge in [0.1, 0.15) is 5.82 Å². The zero-order valence-corrected chi connectivity index (χ0v) is 12.6. The Balaban J connectivity index is 2.34.